The molecule has 0 fully saturated rings. The average molecular weight is 213 g/mol. The first kappa shape index (κ1) is 9.03. The number of rotatable bonds is 1. The third-order valence-electron chi connectivity index (χ3n) is 2.70. The van der Waals surface area contributed by atoms with Crippen molar-refractivity contribution in [1.29, 1.82) is 0 Å². The molecule has 0 atom stereocenters. The van der Waals surface area contributed by atoms with Gasteiger partial charge in [-0.25, -0.2) is 0 Å². The Balaban J connectivity index is 2.34. The molecule has 0 aliphatic rings. The third kappa shape index (κ3) is 1.20. The van der Waals surface area contributed by atoms with E-state index >= 15 is 0 Å². The Bertz CT molecular complexity index is 651. The first-order valence-electron chi connectivity index (χ1n) is 5.02. The van der Waals surface area contributed by atoms with Crippen LogP contribution in [0.2, 0.25) is 0 Å². The van der Waals surface area contributed by atoms with Gasteiger partial charge < -0.3 is 14.8 Å². The highest BCUT2D eigenvalue weighted by molar-refractivity contribution is 5.93. The molecule has 80 valence electrons. The highest BCUT2D eigenvalue weighted by Gasteiger charge is 2.10. The van der Waals surface area contributed by atoms with Crippen LogP contribution in [-0.2, 0) is 7.05 Å². The van der Waals surface area contributed by atoms with E-state index in [1.165, 1.54) is 5.39 Å². The number of hydrogen-bond donors (Lipinski definition) is 1. The zero-order chi connectivity index (χ0) is 11.1. The molecule has 0 aliphatic heterocycles. The van der Waals surface area contributed by atoms with Crippen molar-refractivity contribution in [3.63, 3.8) is 0 Å². The minimum absolute atomic E-state index is 0.334. The van der Waals surface area contributed by atoms with Crippen molar-refractivity contribution < 1.29 is 4.52 Å². The maximum absolute atomic E-state index is 5.54. The maximum atomic E-state index is 5.54. The first-order valence-corrected chi connectivity index (χ1v) is 5.02. The number of aromatic nitrogens is 2. The van der Waals surface area contributed by atoms with Crippen molar-refractivity contribution in [1.82, 2.24) is 9.72 Å². The molecule has 1 aromatic carbocycles. The standard InChI is InChI=1S/C12H11N3O/c1-15-6-5-8-3-2-4-9(12(8)15)10-7-11(13)16-14-10/h2-7H,13H2,1H3. The van der Waals surface area contributed by atoms with Crippen LogP contribution in [-0.4, -0.2) is 9.72 Å². The van der Waals surface area contributed by atoms with Crippen LogP contribution in [0.3, 0.4) is 0 Å². The summed E-state index contributed by atoms with van der Waals surface area (Å²) >= 11 is 0. The number of nitrogen functional groups attached to an aromatic ring is 1. The Morgan fingerprint density at radius 2 is 2.19 bits per heavy atom. The van der Waals surface area contributed by atoms with Crippen LogP contribution in [0.4, 0.5) is 5.88 Å². The fourth-order valence-electron chi connectivity index (χ4n) is 1.98. The van der Waals surface area contributed by atoms with E-state index in [1.807, 2.05) is 25.4 Å². The molecule has 0 saturated carbocycles. The van der Waals surface area contributed by atoms with E-state index in [1.54, 1.807) is 6.07 Å². The van der Waals surface area contributed by atoms with Gasteiger partial charge >= 0.3 is 0 Å². The summed E-state index contributed by atoms with van der Waals surface area (Å²) in [4.78, 5) is 0. The monoisotopic (exact) mass is 213 g/mol. The largest absolute Gasteiger partial charge is 0.368 e. The molecular weight excluding hydrogens is 202 g/mol. The van der Waals surface area contributed by atoms with Crippen molar-refractivity contribution in [2.75, 3.05) is 5.73 Å². The van der Waals surface area contributed by atoms with Crippen LogP contribution in [0.1, 0.15) is 0 Å². The van der Waals surface area contributed by atoms with Crippen LogP contribution in [0, 0.1) is 0 Å². The Labute approximate surface area is 92.3 Å². The van der Waals surface area contributed by atoms with Crippen molar-refractivity contribution in [2.45, 2.75) is 0 Å². The molecular formula is C12H11N3O. The summed E-state index contributed by atoms with van der Waals surface area (Å²) in [5.41, 5.74) is 8.47. The topological polar surface area (TPSA) is 57.0 Å². The molecule has 2 heterocycles. The fraction of sp³-hybridized carbons (Fsp3) is 0.0833. The van der Waals surface area contributed by atoms with Crippen molar-refractivity contribution >= 4 is 16.8 Å². The van der Waals surface area contributed by atoms with Crippen molar-refractivity contribution in [3.8, 4) is 11.3 Å². The lowest BCUT2D eigenvalue weighted by Crippen LogP contribution is -1.88. The Morgan fingerprint density at radius 1 is 1.31 bits per heavy atom. The molecule has 16 heavy (non-hydrogen) atoms. The van der Waals surface area contributed by atoms with Crippen LogP contribution in [0.5, 0.6) is 0 Å². The molecule has 0 aliphatic carbocycles. The number of anilines is 1. The van der Waals surface area contributed by atoms with Crippen LogP contribution >= 0.6 is 0 Å². The van der Waals surface area contributed by atoms with E-state index < -0.39 is 0 Å². The Morgan fingerprint density at radius 3 is 2.94 bits per heavy atom. The van der Waals surface area contributed by atoms with E-state index in [0.29, 0.717) is 5.88 Å². The number of fused-ring (bicyclic) bond motifs is 1. The second-order valence-corrected chi connectivity index (χ2v) is 3.78. The summed E-state index contributed by atoms with van der Waals surface area (Å²) in [6.45, 7) is 0. The number of aryl methyl sites for hydroxylation is 1. The normalized spacial score (nSPS) is 11.1. The predicted molar refractivity (Wildman–Crippen MR) is 62.8 cm³/mol. The van der Waals surface area contributed by atoms with Gasteiger partial charge in [0, 0.05) is 30.3 Å². The Kier molecular flexibility index (Phi) is 1.77. The first-order chi connectivity index (χ1) is 7.75. The lowest BCUT2D eigenvalue weighted by Gasteiger charge is -2.02. The van der Waals surface area contributed by atoms with Gasteiger partial charge in [-0.2, -0.15) is 0 Å². The van der Waals surface area contributed by atoms with Gasteiger partial charge in [-0.1, -0.05) is 23.4 Å². The van der Waals surface area contributed by atoms with Crippen molar-refractivity contribution in [3.05, 3.63) is 36.5 Å². The lowest BCUT2D eigenvalue weighted by atomic mass is 10.1. The van der Waals surface area contributed by atoms with E-state index in [9.17, 15) is 0 Å². The third-order valence-corrected chi connectivity index (χ3v) is 2.70. The minimum Gasteiger partial charge on any atom is -0.368 e. The van der Waals surface area contributed by atoms with Gasteiger partial charge in [-0.15, -0.1) is 0 Å². The zero-order valence-corrected chi connectivity index (χ0v) is 8.84. The fourth-order valence-corrected chi connectivity index (χ4v) is 1.98. The summed E-state index contributed by atoms with van der Waals surface area (Å²) in [5, 5.41) is 5.13. The van der Waals surface area contributed by atoms with Crippen LogP contribution < -0.4 is 5.73 Å². The number of para-hydroxylation sites is 1. The summed E-state index contributed by atoms with van der Waals surface area (Å²) in [6, 6.07) is 9.90. The predicted octanol–water partition coefficient (Wildman–Crippen LogP) is 2.42. The van der Waals surface area contributed by atoms with E-state index in [-0.39, 0.29) is 0 Å². The van der Waals surface area contributed by atoms with Gasteiger partial charge in [0.15, 0.2) is 0 Å². The number of hydrogen-bond acceptors (Lipinski definition) is 3. The van der Waals surface area contributed by atoms with Gasteiger partial charge in [-0.05, 0) is 6.07 Å². The molecule has 0 bridgehead atoms. The summed E-state index contributed by atoms with van der Waals surface area (Å²) < 4.78 is 6.97. The quantitative estimate of drug-likeness (QED) is 0.675. The van der Waals surface area contributed by atoms with Gasteiger partial charge in [-0.3, -0.25) is 0 Å². The average Bonchev–Trinajstić information content (AvgIpc) is 2.86. The summed E-state index contributed by atoms with van der Waals surface area (Å²) in [7, 11) is 2.01. The van der Waals surface area contributed by atoms with Gasteiger partial charge in [0.2, 0.25) is 5.88 Å². The van der Waals surface area contributed by atoms with Crippen LogP contribution in [0.25, 0.3) is 22.2 Å². The second kappa shape index (κ2) is 3.13. The molecule has 0 radical (unpaired) electrons. The van der Waals surface area contributed by atoms with Gasteiger partial charge in [0.1, 0.15) is 5.69 Å². The molecule has 4 heteroatoms. The smallest absolute Gasteiger partial charge is 0.222 e. The molecule has 2 aromatic heterocycles. The molecule has 0 amide bonds. The number of nitrogens with zero attached hydrogens (tertiary/aromatic N) is 2. The molecule has 4 nitrogen and oxygen atoms in total. The molecule has 3 aromatic rings. The molecule has 0 saturated heterocycles. The lowest BCUT2D eigenvalue weighted by molar-refractivity contribution is 0.439. The van der Waals surface area contributed by atoms with Crippen LogP contribution in [0.15, 0.2) is 41.1 Å². The van der Waals surface area contributed by atoms with E-state index in [0.717, 1.165) is 16.8 Å². The molecule has 2 N–H and O–H groups in total. The number of nitrogens with two attached hydrogens (primary N) is 1. The summed E-state index contributed by atoms with van der Waals surface area (Å²) in [6.07, 6.45) is 2.03. The highest BCUT2D eigenvalue weighted by atomic mass is 16.5. The van der Waals surface area contributed by atoms with Crippen molar-refractivity contribution in [2.24, 2.45) is 7.05 Å². The summed E-state index contributed by atoms with van der Waals surface area (Å²) in [5.74, 6) is 0.334. The SMILES string of the molecule is Cn1ccc2cccc(-c3cc(N)on3)c21. The molecule has 3 rings (SSSR count). The van der Waals surface area contributed by atoms with Gasteiger partial charge in [0.05, 0.1) is 5.52 Å². The molecule has 0 unspecified atom stereocenters. The number of benzene rings is 1. The zero-order valence-electron chi connectivity index (χ0n) is 8.84. The van der Waals surface area contributed by atoms with E-state index in [2.05, 4.69) is 21.9 Å². The second-order valence-electron chi connectivity index (χ2n) is 3.78. The Hall–Kier alpha value is -2.23. The van der Waals surface area contributed by atoms with Gasteiger partial charge in [0.25, 0.3) is 0 Å². The molecule has 0 spiro atoms. The highest BCUT2D eigenvalue weighted by Crippen LogP contribution is 2.28. The minimum atomic E-state index is 0.334. The maximum Gasteiger partial charge on any atom is 0.222 e. The van der Waals surface area contributed by atoms with E-state index in [4.69, 9.17) is 10.3 Å².